The molecule has 47 heavy (non-hydrogen) atoms. The van der Waals surface area contributed by atoms with E-state index < -0.39 is 23.5 Å². The molecule has 2 rings (SSSR count). The molecule has 0 bridgehead atoms. The van der Waals surface area contributed by atoms with E-state index in [0.29, 0.717) is 17.8 Å². The van der Waals surface area contributed by atoms with Crippen LogP contribution in [-0.2, 0) is 30.5 Å². The molecule has 0 unspecified atom stereocenters. The molecule has 0 saturated carbocycles. The number of rotatable bonds is 7. The quantitative estimate of drug-likeness (QED) is 0.0697. The van der Waals surface area contributed by atoms with E-state index in [1.807, 2.05) is 13.0 Å². The summed E-state index contributed by atoms with van der Waals surface area (Å²) in [5, 5.41) is 1.52. The molecule has 0 fully saturated rings. The molecule has 2 radical (unpaired) electrons. The summed E-state index contributed by atoms with van der Waals surface area (Å²) in [7, 11) is -3.10. The molecule has 0 aliphatic rings. The van der Waals surface area contributed by atoms with E-state index in [0.717, 1.165) is 11.5 Å². The van der Waals surface area contributed by atoms with Crippen LogP contribution in [0.3, 0.4) is 0 Å². The van der Waals surface area contributed by atoms with E-state index in [-0.39, 0.29) is 30.7 Å². The summed E-state index contributed by atoms with van der Waals surface area (Å²) in [6.45, 7) is 29.7. The van der Waals surface area contributed by atoms with Gasteiger partial charge in [-0.1, -0.05) is 103 Å². The van der Waals surface area contributed by atoms with Crippen molar-refractivity contribution in [3.8, 4) is 28.5 Å². The molecule has 0 saturated heterocycles. The average Bonchev–Trinajstić information content (AvgIpc) is 2.89. The number of alkyl halides is 3. The summed E-state index contributed by atoms with van der Waals surface area (Å²) in [6, 6.07) is 9.09. The van der Waals surface area contributed by atoms with E-state index >= 15 is 0 Å². The van der Waals surface area contributed by atoms with Crippen LogP contribution in [0.1, 0.15) is 124 Å². The molecule has 268 valence electrons. The molecular weight excluding hydrogens is 739 g/mol. The molecule has 2 aromatic carbocycles. The first-order chi connectivity index (χ1) is 20.7. The zero-order valence-electron chi connectivity index (χ0n) is 30.4. The van der Waals surface area contributed by atoms with Gasteiger partial charge in [-0.05, 0) is 69.4 Å². The van der Waals surface area contributed by atoms with Crippen LogP contribution in [-0.4, -0.2) is 43.0 Å². The Labute approximate surface area is 298 Å². The van der Waals surface area contributed by atoms with Gasteiger partial charge < -0.3 is 26.4 Å². The number of benzene rings is 2. The van der Waals surface area contributed by atoms with Gasteiger partial charge in [0.15, 0.2) is 10.1 Å². The molecule has 0 atom stereocenters. The van der Waals surface area contributed by atoms with Gasteiger partial charge in [0, 0.05) is 17.3 Å². The van der Waals surface area contributed by atoms with Crippen molar-refractivity contribution in [1.82, 2.24) is 0 Å². The minimum atomic E-state index is -6.09. The first-order valence-electron chi connectivity index (χ1n) is 15.1. The number of methoxy groups -OCH3 is 2. The van der Waals surface area contributed by atoms with Gasteiger partial charge in [0.25, 0.3) is 0 Å². The van der Waals surface area contributed by atoms with E-state index in [1.54, 1.807) is 14.0 Å². The zero-order valence-corrected chi connectivity index (χ0v) is 33.7. The van der Waals surface area contributed by atoms with Crippen molar-refractivity contribution in [1.29, 1.82) is 0 Å². The van der Waals surface area contributed by atoms with Crippen LogP contribution in [0, 0.1) is 18.8 Å². The summed E-state index contributed by atoms with van der Waals surface area (Å²) >= 11 is 0. The minimum absolute atomic E-state index is 0. The fourth-order valence-corrected chi connectivity index (χ4v) is 9.46. The third-order valence-electron chi connectivity index (χ3n) is 6.90. The Kier molecular flexibility index (Phi) is 19.2. The second kappa shape index (κ2) is 19.0. The average molecular weight is 791 g/mol. The van der Waals surface area contributed by atoms with Crippen LogP contribution in [0.4, 0.5) is 13.2 Å². The van der Waals surface area contributed by atoms with Gasteiger partial charge in [-0.2, -0.15) is 13.2 Å². The Morgan fingerprint density at radius 1 is 0.787 bits per heavy atom. The SMILES string of the molecule is COc1ccc(OC)c(P(C(C)(C)C)C(C)(C)C)c1-c1c(C(C)C)cc(C(C)C)cc1C(C)C.O=S(=O)([O-])C(F)(F)F.[C-]#C[C]C.[Pd+2]. The second-order valence-electron chi connectivity index (χ2n) is 13.7. The van der Waals surface area contributed by atoms with Crippen molar-refractivity contribution in [2.24, 2.45) is 0 Å². The van der Waals surface area contributed by atoms with Crippen LogP contribution in [0.5, 0.6) is 11.5 Å². The second-order valence-corrected chi connectivity index (χ2v) is 18.9. The third-order valence-corrected chi connectivity index (χ3v) is 11.0. The van der Waals surface area contributed by atoms with Crippen LogP contribution in [0.15, 0.2) is 24.3 Å². The molecule has 0 aliphatic carbocycles. The van der Waals surface area contributed by atoms with Gasteiger partial charge in [-0.3, -0.25) is 0 Å². The normalized spacial score (nSPS) is 12.1. The van der Waals surface area contributed by atoms with Crippen molar-refractivity contribution >= 4 is 23.3 Å². The Hall–Kier alpha value is -1.61. The van der Waals surface area contributed by atoms with Gasteiger partial charge in [0.05, 0.1) is 14.2 Å². The smallest absolute Gasteiger partial charge is 0.741 e. The van der Waals surface area contributed by atoms with Gasteiger partial charge in [-0.15, -0.1) is 0 Å². The van der Waals surface area contributed by atoms with E-state index in [2.05, 4.69) is 114 Å². The Morgan fingerprint density at radius 3 is 1.36 bits per heavy atom. The summed E-state index contributed by atoms with van der Waals surface area (Å²) in [6.07, 6.45) is 8.44. The molecule has 0 heterocycles. The fourth-order valence-electron chi connectivity index (χ4n) is 5.27. The predicted molar refractivity (Wildman–Crippen MR) is 185 cm³/mol. The van der Waals surface area contributed by atoms with Crippen molar-refractivity contribution < 1.29 is 56.0 Å². The molecule has 11 heteroatoms. The van der Waals surface area contributed by atoms with Crippen LogP contribution < -0.4 is 14.8 Å². The number of ether oxygens (including phenoxy) is 2. The third kappa shape index (κ3) is 13.3. The first-order valence-corrected chi connectivity index (χ1v) is 17.8. The van der Waals surface area contributed by atoms with Gasteiger partial charge in [0.1, 0.15) is 11.5 Å². The zero-order chi connectivity index (χ0) is 36.6. The van der Waals surface area contributed by atoms with Crippen molar-refractivity contribution in [2.45, 2.75) is 124 Å². The summed E-state index contributed by atoms with van der Waals surface area (Å²) in [5.74, 6) is 5.12. The molecule has 2 aromatic rings. The summed E-state index contributed by atoms with van der Waals surface area (Å²) in [4.78, 5) is 0. The Bertz CT molecular complexity index is 1390. The molecule has 0 aromatic heterocycles. The topological polar surface area (TPSA) is 75.7 Å². The maximum absolute atomic E-state index is 10.7. The van der Waals surface area contributed by atoms with Gasteiger partial charge in [-0.25, -0.2) is 8.42 Å². The van der Waals surface area contributed by atoms with Gasteiger partial charge >= 0.3 is 25.9 Å². The van der Waals surface area contributed by atoms with E-state index in [1.165, 1.54) is 33.1 Å². The number of hydrogen-bond acceptors (Lipinski definition) is 5. The van der Waals surface area contributed by atoms with E-state index in [9.17, 15) is 13.2 Å². The summed E-state index contributed by atoms with van der Waals surface area (Å²) < 4.78 is 71.1. The molecule has 0 N–H and O–H groups in total. The van der Waals surface area contributed by atoms with Crippen molar-refractivity contribution in [3.63, 3.8) is 0 Å². The Morgan fingerprint density at radius 2 is 1.13 bits per heavy atom. The van der Waals surface area contributed by atoms with Crippen LogP contribution in [0.2, 0.25) is 0 Å². The van der Waals surface area contributed by atoms with Crippen LogP contribution in [0.25, 0.3) is 11.1 Å². The standard InChI is InChI=1S/C31H49O2P.C4H3.CHF3O3S.Pd/c1-19(2)22-17-23(20(3)4)27(24(18-22)21(5)6)28-25(32-13)15-16-26(33-14)29(28)34(30(7,8)9)31(10,11)12;1-3-4-2;2-1(3,4)8(5,6)7;/h15-21H,1-14H3;1H3;(H,5,6,7);/q;-1;;+2/p-1. The molecule has 0 aliphatic heterocycles. The van der Waals surface area contributed by atoms with Gasteiger partial charge in [0.2, 0.25) is 0 Å². The van der Waals surface area contributed by atoms with E-state index in [4.69, 9.17) is 28.9 Å². The molecular formula is C36H52F3O5PPdS. The monoisotopic (exact) mass is 790 g/mol. The fraction of sp³-hybridized carbons (Fsp3) is 0.583. The summed E-state index contributed by atoms with van der Waals surface area (Å²) in [5.41, 5.74) is 1.16. The number of hydrogen-bond donors (Lipinski definition) is 0. The van der Waals surface area contributed by atoms with Crippen molar-refractivity contribution in [3.05, 3.63) is 53.8 Å². The Balaban J connectivity index is 0. The maximum atomic E-state index is 10.7. The van der Waals surface area contributed by atoms with Crippen molar-refractivity contribution in [2.75, 3.05) is 14.2 Å². The molecule has 0 spiro atoms. The largest absolute Gasteiger partial charge is 2.00 e. The van der Waals surface area contributed by atoms with Crippen LogP contribution >= 0.6 is 7.92 Å². The predicted octanol–water partition coefficient (Wildman–Crippen LogP) is 10.2. The maximum Gasteiger partial charge on any atom is 2.00 e. The minimum Gasteiger partial charge on any atom is -0.741 e. The molecule has 0 amide bonds. The molecule has 5 nitrogen and oxygen atoms in total. The first kappa shape index (κ1) is 47.5. The number of halogens is 3.